The van der Waals surface area contributed by atoms with E-state index in [-0.39, 0.29) is 18.7 Å². The third kappa shape index (κ3) is 3.82. The van der Waals surface area contributed by atoms with E-state index in [0.29, 0.717) is 11.4 Å². The molecule has 24 heavy (non-hydrogen) atoms. The molecule has 6 heteroatoms. The standard InChI is InChI=1S/C18H20FN3O2/c19-8-12-24-16-4-1-3-15(13-16)21-18(23)22-11-2-5-17(22)14-6-9-20-10-7-14/h1,3-4,6-7,9-10,13,17H,2,5,8,11-12H2,(H,21,23). The maximum absolute atomic E-state index is 12.6. The Bertz CT molecular complexity index is 681. The first-order chi connectivity index (χ1) is 11.8. The lowest BCUT2D eigenvalue weighted by Gasteiger charge is -2.25. The van der Waals surface area contributed by atoms with Crippen LogP contribution in [0.4, 0.5) is 14.9 Å². The molecule has 1 saturated heterocycles. The van der Waals surface area contributed by atoms with Crippen LogP contribution in [0.3, 0.4) is 0 Å². The van der Waals surface area contributed by atoms with Crippen LogP contribution in [-0.4, -0.2) is 35.7 Å². The lowest BCUT2D eigenvalue weighted by molar-refractivity contribution is 0.207. The van der Waals surface area contributed by atoms with E-state index in [2.05, 4.69) is 10.3 Å². The number of nitrogens with zero attached hydrogens (tertiary/aromatic N) is 2. The summed E-state index contributed by atoms with van der Waals surface area (Å²) in [5.74, 6) is 0.539. The molecule has 1 unspecified atom stereocenters. The number of halogens is 1. The molecule has 5 nitrogen and oxygen atoms in total. The quantitative estimate of drug-likeness (QED) is 0.908. The van der Waals surface area contributed by atoms with Crippen molar-refractivity contribution in [2.45, 2.75) is 18.9 Å². The van der Waals surface area contributed by atoms with Crippen LogP contribution in [0.15, 0.2) is 48.8 Å². The molecule has 0 spiro atoms. The molecule has 0 radical (unpaired) electrons. The average molecular weight is 329 g/mol. The van der Waals surface area contributed by atoms with E-state index in [1.165, 1.54) is 0 Å². The lowest BCUT2D eigenvalue weighted by atomic mass is 10.1. The normalized spacial score (nSPS) is 16.9. The van der Waals surface area contributed by atoms with Gasteiger partial charge in [0, 0.05) is 30.7 Å². The van der Waals surface area contributed by atoms with Crippen molar-refractivity contribution in [3.05, 3.63) is 54.4 Å². The first kappa shape index (κ1) is 16.2. The molecular weight excluding hydrogens is 309 g/mol. The summed E-state index contributed by atoms with van der Waals surface area (Å²) >= 11 is 0. The van der Waals surface area contributed by atoms with Crippen LogP contribution in [0.5, 0.6) is 5.75 Å². The summed E-state index contributed by atoms with van der Waals surface area (Å²) in [4.78, 5) is 18.5. The Balaban J connectivity index is 1.68. The van der Waals surface area contributed by atoms with Crippen LogP contribution >= 0.6 is 0 Å². The molecule has 1 aromatic carbocycles. The van der Waals surface area contributed by atoms with Gasteiger partial charge in [-0.3, -0.25) is 4.98 Å². The van der Waals surface area contributed by atoms with E-state index in [1.54, 1.807) is 36.7 Å². The Labute approximate surface area is 140 Å². The number of likely N-dealkylation sites (tertiary alicyclic amines) is 1. The number of rotatable bonds is 5. The molecule has 2 heterocycles. The molecule has 2 amide bonds. The van der Waals surface area contributed by atoms with Crippen molar-refractivity contribution in [1.82, 2.24) is 9.88 Å². The van der Waals surface area contributed by atoms with Crippen LogP contribution in [0.2, 0.25) is 0 Å². The number of hydrogen-bond acceptors (Lipinski definition) is 3. The van der Waals surface area contributed by atoms with Crippen molar-refractivity contribution < 1.29 is 13.9 Å². The van der Waals surface area contributed by atoms with Crippen molar-refractivity contribution in [2.75, 3.05) is 25.1 Å². The van der Waals surface area contributed by atoms with Gasteiger partial charge in [0.05, 0.1) is 6.04 Å². The zero-order valence-electron chi connectivity index (χ0n) is 13.3. The molecule has 1 aliphatic heterocycles. The average Bonchev–Trinajstić information content (AvgIpc) is 3.11. The molecule has 1 aromatic heterocycles. The highest BCUT2D eigenvalue weighted by atomic mass is 19.1. The Morgan fingerprint density at radius 2 is 2.17 bits per heavy atom. The molecule has 1 atom stereocenters. The molecule has 2 aromatic rings. The van der Waals surface area contributed by atoms with Gasteiger partial charge < -0.3 is 15.0 Å². The third-order valence-corrected chi connectivity index (χ3v) is 4.04. The number of aromatic nitrogens is 1. The Kier molecular flexibility index (Phi) is 5.25. The number of benzene rings is 1. The Hall–Kier alpha value is -2.63. The molecule has 1 fully saturated rings. The van der Waals surface area contributed by atoms with Gasteiger partial charge in [0.2, 0.25) is 0 Å². The van der Waals surface area contributed by atoms with Gasteiger partial charge in [-0.2, -0.15) is 0 Å². The third-order valence-electron chi connectivity index (χ3n) is 4.04. The van der Waals surface area contributed by atoms with Crippen molar-refractivity contribution in [2.24, 2.45) is 0 Å². The second-order valence-corrected chi connectivity index (χ2v) is 5.63. The van der Waals surface area contributed by atoms with E-state index in [9.17, 15) is 9.18 Å². The number of nitrogens with one attached hydrogen (secondary N) is 1. The predicted molar refractivity (Wildman–Crippen MR) is 89.8 cm³/mol. The first-order valence-electron chi connectivity index (χ1n) is 8.04. The van der Waals surface area contributed by atoms with Crippen LogP contribution < -0.4 is 10.1 Å². The van der Waals surface area contributed by atoms with Crippen molar-refractivity contribution in [1.29, 1.82) is 0 Å². The number of pyridine rings is 1. The van der Waals surface area contributed by atoms with Crippen LogP contribution in [0.25, 0.3) is 0 Å². The topological polar surface area (TPSA) is 54.5 Å². The second kappa shape index (κ2) is 7.77. The number of amides is 2. The molecule has 0 aliphatic carbocycles. The zero-order chi connectivity index (χ0) is 16.8. The molecule has 1 N–H and O–H groups in total. The molecule has 0 saturated carbocycles. The highest BCUT2D eigenvalue weighted by Gasteiger charge is 2.29. The van der Waals surface area contributed by atoms with Gasteiger partial charge in [0.15, 0.2) is 0 Å². The largest absolute Gasteiger partial charge is 0.491 e. The van der Waals surface area contributed by atoms with Crippen LogP contribution in [0, 0.1) is 0 Å². The monoisotopic (exact) mass is 329 g/mol. The molecule has 3 rings (SSSR count). The summed E-state index contributed by atoms with van der Waals surface area (Å²) < 4.78 is 17.4. The summed E-state index contributed by atoms with van der Waals surface area (Å²) in [7, 11) is 0. The zero-order valence-corrected chi connectivity index (χ0v) is 13.3. The number of carbonyl (C=O) groups is 1. The number of urea groups is 1. The summed E-state index contributed by atoms with van der Waals surface area (Å²) in [5.41, 5.74) is 1.73. The maximum atomic E-state index is 12.6. The number of anilines is 1. The number of alkyl halides is 1. The fourth-order valence-corrected chi connectivity index (χ4v) is 2.96. The van der Waals surface area contributed by atoms with Crippen molar-refractivity contribution >= 4 is 11.7 Å². The smallest absolute Gasteiger partial charge is 0.322 e. The summed E-state index contributed by atoms with van der Waals surface area (Å²) in [6, 6.07) is 10.8. The fourth-order valence-electron chi connectivity index (χ4n) is 2.96. The van der Waals surface area contributed by atoms with Crippen LogP contribution in [0.1, 0.15) is 24.4 Å². The minimum atomic E-state index is -0.544. The first-order valence-corrected chi connectivity index (χ1v) is 8.04. The van der Waals surface area contributed by atoms with Gasteiger partial charge in [-0.05, 0) is 42.7 Å². The number of hydrogen-bond donors (Lipinski definition) is 1. The molecule has 126 valence electrons. The molecule has 1 aliphatic rings. The van der Waals surface area contributed by atoms with Gasteiger partial charge >= 0.3 is 6.03 Å². The van der Waals surface area contributed by atoms with Gasteiger partial charge in [0.1, 0.15) is 19.0 Å². The van der Waals surface area contributed by atoms with Crippen molar-refractivity contribution in [3.63, 3.8) is 0 Å². The lowest BCUT2D eigenvalue weighted by Crippen LogP contribution is -2.34. The van der Waals surface area contributed by atoms with Gasteiger partial charge in [-0.1, -0.05) is 6.07 Å². The van der Waals surface area contributed by atoms with Gasteiger partial charge in [-0.25, -0.2) is 9.18 Å². The highest BCUT2D eigenvalue weighted by molar-refractivity contribution is 5.90. The van der Waals surface area contributed by atoms with Crippen LogP contribution in [-0.2, 0) is 0 Å². The minimum absolute atomic E-state index is 0.00758. The van der Waals surface area contributed by atoms with Gasteiger partial charge in [0.25, 0.3) is 0 Å². The summed E-state index contributed by atoms with van der Waals surface area (Å²) in [6.07, 6.45) is 5.40. The number of carbonyl (C=O) groups excluding carboxylic acids is 1. The highest BCUT2D eigenvalue weighted by Crippen LogP contribution is 2.32. The molecule has 0 bridgehead atoms. The van der Waals surface area contributed by atoms with Gasteiger partial charge in [-0.15, -0.1) is 0 Å². The van der Waals surface area contributed by atoms with Crippen molar-refractivity contribution in [3.8, 4) is 5.75 Å². The number of ether oxygens (including phenoxy) is 1. The Morgan fingerprint density at radius 1 is 1.33 bits per heavy atom. The maximum Gasteiger partial charge on any atom is 0.322 e. The minimum Gasteiger partial charge on any atom is -0.491 e. The Morgan fingerprint density at radius 3 is 2.96 bits per heavy atom. The SMILES string of the molecule is O=C(Nc1cccc(OCCF)c1)N1CCCC1c1ccncc1. The summed E-state index contributed by atoms with van der Waals surface area (Å²) in [5, 5.41) is 2.90. The van der Waals surface area contributed by atoms with E-state index in [4.69, 9.17) is 4.74 Å². The summed E-state index contributed by atoms with van der Waals surface area (Å²) in [6.45, 7) is 0.183. The van der Waals surface area contributed by atoms with E-state index < -0.39 is 6.67 Å². The van der Waals surface area contributed by atoms with E-state index >= 15 is 0 Å². The fraction of sp³-hybridized carbons (Fsp3) is 0.333. The predicted octanol–water partition coefficient (Wildman–Crippen LogP) is 3.80. The second-order valence-electron chi connectivity index (χ2n) is 5.63. The molecular formula is C18H20FN3O2. The van der Waals surface area contributed by atoms with E-state index in [0.717, 1.165) is 24.9 Å². The van der Waals surface area contributed by atoms with E-state index in [1.807, 2.05) is 17.0 Å².